The van der Waals surface area contributed by atoms with Gasteiger partial charge in [-0.15, -0.1) is 6.58 Å². The maximum Gasteiger partial charge on any atom is 0.350 e. The molecule has 2 heterocycles. The van der Waals surface area contributed by atoms with Crippen LogP contribution in [-0.4, -0.2) is 45.9 Å². The summed E-state index contributed by atoms with van der Waals surface area (Å²) in [5.74, 6) is 0.410. The van der Waals surface area contributed by atoms with E-state index in [1.807, 2.05) is 30.3 Å². The van der Waals surface area contributed by atoms with Gasteiger partial charge in [-0.1, -0.05) is 24.3 Å². The van der Waals surface area contributed by atoms with Crippen LogP contribution in [0.25, 0.3) is 5.69 Å². The fourth-order valence-electron chi connectivity index (χ4n) is 3.23. The molecule has 0 aliphatic carbocycles. The van der Waals surface area contributed by atoms with E-state index >= 15 is 0 Å². The second kappa shape index (κ2) is 6.97. The second-order valence-corrected chi connectivity index (χ2v) is 8.21. The van der Waals surface area contributed by atoms with Gasteiger partial charge in [0.1, 0.15) is 5.82 Å². The smallest absolute Gasteiger partial charge is 0.247 e. The second-order valence-electron chi connectivity index (χ2n) is 6.20. The Morgan fingerprint density at radius 3 is 2.72 bits per heavy atom. The first-order valence-electron chi connectivity index (χ1n) is 8.24. The van der Waals surface area contributed by atoms with Gasteiger partial charge in [0.05, 0.1) is 11.4 Å². The summed E-state index contributed by atoms with van der Waals surface area (Å²) in [6.45, 7) is 4.35. The minimum atomic E-state index is -3.36. The molecule has 7 nitrogen and oxygen atoms in total. The third kappa shape index (κ3) is 3.45. The van der Waals surface area contributed by atoms with Crippen LogP contribution in [0, 0.1) is 0 Å². The molecule has 1 atom stereocenters. The summed E-state index contributed by atoms with van der Waals surface area (Å²) in [6, 6.07) is 9.30. The first kappa shape index (κ1) is 17.6. The van der Waals surface area contributed by atoms with Crippen molar-refractivity contribution >= 4 is 10.0 Å². The molecule has 8 heteroatoms. The molecule has 0 saturated carbocycles. The average molecular weight is 362 g/mol. The Morgan fingerprint density at radius 1 is 1.32 bits per heavy atom. The van der Waals surface area contributed by atoms with Crippen molar-refractivity contribution in [3.63, 3.8) is 0 Å². The lowest BCUT2D eigenvalue weighted by Crippen LogP contribution is -2.40. The lowest BCUT2D eigenvalue weighted by Gasteiger charge is -2.31. The van der Waals surface area contributed by atoms with Crippen LogP contribution >= 0.6 is 0 Å². The zero-order chi connectivity index (χ0) is 18.0. The zero-order valence-corrected chi connectivity index (χ0v) is 15.0. The molecular formula is C17H22N4O3S. The normalized spacial score (nSPS) is 19.0. The Balaban J connectivity index is 1.99. The van der Waals surface area contributed by atoms with Crippen molar-refractivity contribution in [3.05, 3.63) is 59.3 Å². The summed E-state index contributed by atoms with van der Waals surface area (Å²) in [4.78, 5) is 12.5. The first-order chi connectivity index (χ1) is 11.9. The predicted molar refractivity (Wildman–Crippen MR) is 96.3 cm³/mol. The molecular weight excluding hydrogens is 340 g/mol. The monoisotopic (exact) mass is 362 g/mol. The van der Waals surface area contributed by atoms with Gasteiger partial charge in [0, 0.05) is 26.1 Å². The molecule has 134 valence electrons. The first-order valence-corrected chi connectivity index (χ1v) is 9.85. The number of benzene rings is 1. The van der Waals surface area contributed by atoms with E-state index in [2.05, 4.69) is 11.7 Å². The molecule has 0 unspecified atom stereocenters. The highest BCUT2D eigenvalue weighted by atomic mass is 32.2. The zero-order valence-electron chi connectivity index (χ0n) is 14.2. The van der Waals surface area contributed by atoms with Gasteiger partial charge >= 0.3 is 5.69 Å². The number of aromatic nitrogens is 3. The van der Waals surface area contributed by atoms with Crippen molar-refractivity contribution in [2.75, 3.05) is 18.8 Å². The molecule has 0 bridgehead atoms. The van der Waals surface area contributed by atoms with Gasteiger partial charge in [-0.3, -0.25) is 0 Å². The van der Waals surface area contributed by atoms with E-state index in [4.69, 9.17) is 0 Å². The highest BCUT2D eigenvalue weighted by Crippen LogP contribution is 2.28. The van der Waals surface area contributed by atoms with Gasteiger partial charge in [0.25, 0.3) is 0 Å². The van der Waals surface area contributed by atoms with Crippen LogP contribution in [0.3, 0.4) is 0 Å². The minimum Gasteiger partial charge on any atom is -0.247 e. The Labute approximate surface area is 147 Å². The van der Waals surface area contributed by atoms with E-state index in [1.54, 1.807) is 11.6 Å². The van der Waals surface area contributed by atoms with Crippen molar-refractivity contribution in [2.24, 2.45) is 7.05 Å². The SMILES string of the molecule is C=CCS(=O)(=O)N1CCC[C@H](c2nn(C)c(=O)n2-c2ccccc2)C1. The number of piperidine rings is 1. The number of hydrogen-bond donors (Lipinski definition) is 0. The maximum atomic E-state index is 12.5. The number of para-hydroxylation sites is 1. The summed E-state index contributed by atoms with van der Waals surface area (Å²) in [6.07, 6.45) is 2.93. The van der Waals surface area contributed by atoms with Crippen LogP contribution < -0.4 is 5.69 Å². The fraction of sp³-hybridized carbons (Fsp3) is 0.412. The van der Waals surface area contributed by atoms with E-state index in [0.29, 0.717) is 18.9 Å². The van der Waals surface area contributed by atoms with Crippen molar-refractivity contribution in [3.8, 4) is 5.69 Å². The number of rotatable bonds is 5. The number of hydrogen-bond acceptors (Lipinski definition) is 4. The minimum absolute atomic E-state index is 0.0760. The molecule has 1 fully saturated rings. The van der Waals surface area contributed by atoms with Gasteiger partial charge in [-0.05, 0) is 25.0 Å². The predicted octanol–water partition coefficient (Wildman–Crippen LogP) is 1.27. The van der Waals surface area contributed by atoms with E-state index in [0.717, 1.165) is 18.5 Å². The molecule has 0 amide bonds. The Bertz CT molecular complexity index is 915. The lowest BCUT2D eigenvalue weighted by molar-refractivity contribution is 0.307. The lowest BCUT2D eigenvalue weighted by atomic mass is 9.98. The number of aryl methyl sites for hydroxylation is 1. The van der Waals surface area contributed by atoms with Gasteiger partial charge in [0.15, 0.2) is 0 Å². The molecule has 2 aromatic rings. The number of nitrogens with zero attached hydrogens (tertiary/aromatic N) is 4. The topological polar surface area (TPSA) is 77.2 Å². The van der Waals surface area contributed by atoms with E-state index in [9.17, 15) is 13.2 Å². The number of sulfonamides is 1. The van der Waals surface area contributed by atoms with Gasteiger partial charge in [-0.25, -0.2) is 26.8 Å². The summed E-state index contributed by atoms with van der Waals surface area (Å²) < 4.78 is 29.1. The summed E-state index contributed by atoms with van der Waals surface area (Å²) in [5, 5.41) is 4.40. The molecule has 1 aromatic heterocycles. The van der Waals surface area contributed by atoms with Crippen LogP contribution in [0.1, 0.15) is 24.6 Å². The molecule has 1 aliphatic heterocycles. The van der Waals surface area contributed by atoms with E-state index in [-0.39, 0.29) is 17.4 Å². The Hall–Kier alpha value is -2.19. The van der Waals surface area contributed by atoms with Crippen LogP contribution in [0.4, 0.5) is 0 Å². The Morgan fingerprint density at radius 2 is 2.04 bits per heavy atom. The van der Waals surface area contributed by atoms with Crippen LogP contribution in [0.2, 0.25) is 0 Å². The highest BCUT2D eigenvalue weighted by molar-refractivity contribution is 7.89. The third-order valence-corrected chi connectivity index (χ3v) is 6.21. The van der Waals surface area contributed by atoms with Crippen molar-refractivity contribution in [1.29, 1.82) is 0 Å². The van der Waals surface area contributed by atoms with Crippen molar-refractivity contribution in [2.45, 2.75) is 18.8 Å². The van der Waals surface area contributed by atoms with Crippen LogP contribution in [-0.2, 0) is 17.1 Å². The molecule has 1 aliphatic rings. The van der Waals surface area contributed by atoms with E-state index < -0.39 is 10.0 Å². The fourth-order valence-corrected chi connectivity index (χ4v) is 4.55. The standard InChI is InChI=1S/C17H22N4O3S/c1-3-12-25(23,24)20-11-7-8-14(13-20)16-18-19(2)17(22)21(16)15-9-5-4-6-10-15/h3-6,9-10,14H,1,7-8,11-13H2,2H3/t14-/m0/s1. The molecule has 3 rings (SSSR count). The third-order valence-electron chi connectivity index (χ3n) is 4.44. The molecule has 0 spiro atoms. The molecule has 1 saturated heterocycles. The van der Waals surface area contributed by atoms with Gasteiger partial charge in [0.2, 0.25) is 10.0 Å². The molecule has 25 heavy (non-hydrogen) atoms. The van der Waals surface area contributed by atoms with E-state index in [1.165, 1.54) is 15.1 Å². The summed E-state index contributed by atoms with van der Waals surface area (Å²) in [7, 11) is -1.75. The highest BCUT2D eigenvalue weighted by Gasteiger charge is 2.32. The Kier molecular flexibility index (Phi) is 4.91. The summed E-state index contributed by atoms with van der Waals surface area (Å²) in [5.41, 5.74) is 0.508. The van der Waals surface area contributed by atoms with Crippen LogP contribution in [0.15, 0.2) is 47.8 Å². The maximum absolute atomic E-state index is 12.5. The quantitative estimate of drug-likeness (QED) is 0.751. The molecule has 0 radical (unpaired) electrons. The summed E-state index contributed by atoms with van der Waals surface area (Å²) >= 11 is 0. The van der Waals surface area contributed by atoms with Gasteiger partial charge < -0.3 is 0 Å². The van der Waals surface area contributed by atoms with Crippen molar-refractivity contribution in [1.82, 2.24) is 18.7 Å². The molecule has 1 aromatic carbocycles. The largest absolute Gasteiger partial charge is 0.350 e. The molecule has 0 N–H and O–H groups in total. The van der Waals surface area contributed by atoms with Crippen molar-refractivity contribution < 1.29 is 8.42 Å². The van der Waals surface area contributed by atoms with Gasteiger partial charge in [-0.2, -0.15) is 5.10 Å². The average Bonchev–Trinajstić information content (AvgIpc) is 2.91. The van der Waals surface area contributed by atoms with Crippen LogP contribution in [0.5, 0.6) is 0 Å².